The van der Waals surface area contributed by atoms with Gasteiger partial charge in [0.05, 0.1) is 6.61 Å². The Morgan fingerprint density at radius 2 is 2.30 bits per heavy atom. The minimum atomic E-state index is -3.74. The maximum Gasteiger partial charge on any atom is 0.374 e. The number of hydrogen-bond acceptors (Lipinski definition) is 6. The van der Waals surface area contributed by atoms with Crippen LogP contribution in [-0.2, 0) is 14.8 Å². The van der Waals surface area contributed by atoms with E-state index in [4.69, 9.17) is 14.9 Å². The van der Waals surface area contributed by atoms with Gasteiger partial charge in [-0.05, 0) is 31.9 Å². The SMILES string of the molecule is CCOC(=O)c1ccc(S(=O)(=O)N2CCCC(N)C2)o1. The molecule has 0 bridgehead atoms. The molecule has 1 aromatic heterocycles. The molecule has 1 atom stereocenters. The first-order valence-electron chi connectivity index (χ1n) is 6.48. The van der Waals surface area contributed by atoms with Gasteiger partial charge in [-0.1, -0.05) is 0 Å². The average Bonchev–Trinajstić information content (AvgIpc) is 2.89. The van der Waals surface area contributed by atoms with Crippen LogP contribution in [0.5, 0.6) is 0 Å². The highest BCUT2D eigenvalue weighted by molar-refractivity contribution is 7.89. The molecule has 0 amide bonds. The van der Waals surface area contributed by atoms with E-state index in [9.17, 15) is 13.2 Å². The van der Waals surface area contributed by atoms with E-state index in [0.717, 1.165) is 6.42 Å². The highest BCUT2D eigenvalue weighted by Crippen LogP contribution is 2.22. The van der Waals surface area contributed by atoms with Crippen molar-refractivity contribution in [1.29, 1.82) is 0 Å². The molecule has 1 fully saturated rings. The van der Waals surface area contributed by atoms with Gasteiger partial charge in [0.15, 0.2) is 0 Å². The number of furan rings is 1. The number of carbonyl (C=O) groups is 1. The lowest BCUT2D eigenvalue weighted by Gasteiger charge is -2.28. The van der Waals surface area contributed by atoms with Gasteiger partial charge in [-0.3, -0.25) is 0 Å². The summed E-state index contributed by atoms with van der Waals surface area (Å²) in [5.74, 6) is -0.795. The molecular weight excluding hydrogens is 284 g/mol. The van der Waals surface area contributed by atoms with Crippen LogP contribution >= 0.6 is 0 Å². The number of nitrogens with two attached hydrogens (primary N) is 1. The fraction of sp³-hybridized carbons (Fsp3) is 0.583. The first-order chi connectivity index (χ1) is 9.45. The van der Waals surface area contributed by atoms with E-state index in [1.54, 1.807) is 6.92 Å². The van der Waals surface area contributed by atoms with Crippen molar-refractivity contribution in [1.82, 2.24) is 4.31 Å². The second-order valence-electron chi connectivity index (χ2n) is 4.60. The van der Waals surface area contributed by atoms with Crippen LogP contribution in [0.2, 0.25) is 0 Å². The minimum absolute atomic E-state index is 0.119. The maximum absolute atomic E-state index is 12.4. The molecule has 1 saturated heterocycles. The largest absolute Gasteiger partial charge is 0.460 e. The lowest BCUT2D eigenvalue weighted by Crippen LogP contribution is -2.45. The number of ether oxygens (including phenoxy) is 1. The molecule has 0 aliphatic carbocycles. The Morgan fingerprint density at radius 1 is 1.55 bits per heavy atom. The summed E-state index contributed by atoms with van der Waals surface area (Å²) in [5.41, 5.74) is 5.78. The summed E-state index contributed by atoms with van der Waals surface area (Å²) in [6.45, 7) is 2.53. The molecule has 1 aliphatic heterocycles. The van der Waals surface area contributed by atoms with E-state index < -0.39 is 16.0 Å². The van der Waals surface area contributed by atoms with Gasteiger partial charge in [-0.2, -0.15) is 4.31 Å². The van der Waals surface area contributed by atoms with Crippen LogP contribution in [0.15, 0.2) is 21.6 Å². The predicted octanol–water partition coefficient (Wildman–Crippen LogP) is 0.568. The number of esters is 1. The molecule has 0 radical (unpaired) electrons. The van der Waals surface area contributed by atoms with Gasteiger partial charge in [-0.25, -0.2) is 13.2 Å². The molecule has 1 unspecified atom stereocenters. The molecule has 2 N–H and O–H groups in total. The molecule has 0 spiro atoms. The quantitative estimate of drug-likeness (QED) is 0.816. The Bertz CT molecular complexity index is 580. The Labute approximate surface area is 117 Å². The Balaban J connectivity index is 2.19. The van der Waals surface area contributed by atoms with Crippen molar-refractivity contribution in [3.8, 4) is 0 Å². The summed E-state index contributed by atoms with van der Waals surface area (Å²) in [7, 11) is -3.74. The second kappa shape index (κ2) is 5.94. The van der Waals surface area contributed by atoms with Crippen molar-refractivity contribution in [2.45, 2.75) is 30.9 Å². The summed E-state index contributed by atoms with van der Waals surface area (Å²) >= 11 is 0. The summed E-state index contributed by atoms with van der Waals surface area (Å²) in [5, 5.41) is -0.255. The van der Waals surface area contributed by atoms with Gasteiger partial charge in [0.2, 0.25) is 10.9 Å². The second-order valence-corrected chi connectivity index (χ2v) is 6.47. The number of nitrogens with zero attached hydrogens (tertiary/aromatic N) is 1. The lowest BCUT2D eigenvalue weighted by atomic mass is 10.1. The Morgan fingerprint density at radius 3 is 2.95 bits per heavy atom. The zero-order chi connectivity index (χ0) is 14.8. The monoisotopic (exact) mass is 302 g/mol. The van der Waals surface area contributed by atoms with Crippen LogP contribution in [0.4, 0.5) is 0 Å². The lowest BCUT2D eigenvalue weighted by molar-refractivity contribution is 0.0483. The fourth-order valence-corrected chi connectivity index (χ4v) is 3.54. The molecule has 8 heteroatoms. The molecule has 2 rings (SSSR count). The fourth-order valence-electron chi connectivity index (χ4n) is 2.09. The third-order valence-electron chi connectivity index (χ3n) is 3.07. The standard InChI is InChI=1S/C12H18N2O5S/c1-2-18-12(15)10-5-6-11(19-10)20(16,17)14-7-3-4-9(13)8-14/h5-6,9H,2-4,7-8,13H2,1H3. The molecule has 1 aromatic rings. The molecule has 0 aromatic carbocycles. The Kier molecular flexibility index (Phi) is 4.46. The van der Waals surface area contributed by atoms with E-state index in [2.05, 4.69) is 0 Å². The summed E-state index contributed by atoms with van der Waals surface area (Å²) < 4.78 is 35.9. The smallest absolute Gasteiger partial charge is 0.374 e. The normalized spacial score (nSPS) is 20.8. The van der Waals surface area contributed by atoms with Crippen molar-refractivity contribution in [2.75, 3.05) is 19.7 Å². The van der Waals surface area contributed by atoms with Crippen LogP contribution < -0.4 is 5.73 Å². The van der Waals surface area contributed by atoms with Crippen molar-refractivity contribution in [3.63, 3.8) is 0 Å². The van der Waals surface area contributed by atoms with E-state index in [1.165, 1.54) is 16.4 Å². The zero-order valence-electron chi connectivity index (χ0n) is 11.2. The van der Waals surface area contributed by atoms with Crippen molar-refractivity contribution < 1.29 is 22.4 Å². The zero-order valence-corrected chi connectivity index (χ0v) is 12.1. The third-order valence-corrected chi connectivity index (χ3v) is 4.81. The summed E-state index contributed by atoms with van der Waals surface area (Å²) in [6, 6.07) is 2.40. The number of piperidine rings is 1. The van der Waals surface area contributed by atoms with Gasteiger partial charge in [-0.15, -0.1) is 0 Å². The summed E-state index contributed by atoms with van der Waals surface area (Å²) in [4.78, 5) is 11.5. The van der Waals surface area contributed by atoms with Gasteiger partial charge in [0, 0.05) is 19.1 Å². The van der Waals surface area contributed by atoms with Crippen molar-refractivity contribution in [2.24, 2.45) is 5.73 Å². The van der Waals surface area contributed by atoms with Gasteiger partial charge < -0.3 is 14.9 Å². The van der Waals surface area contributed by atoms with Crippen LogP contribution in [0.1, 0.15) is 30.3 Å². The molecule has 1 aliphatic rings. The van der Waals surface area contributed by atoms with Crippen LogP contribution in [0.3, 0.4) is 0 Å². The average molecular weight is 302 g/mol. The van der Waals surface area contributed by atoms with Gasteiger partial charge >= 0.3 is 5.97 Å². The first-order valence-corrected chi connectivity index (χ1v) is 7.92. The minimum Gasteiger partial charge on any atom is -0.460 e. The highest BCUT2D eigenvalue weighted by atomic mass is 32.2. The van der Waals surface area contributed by atoms with E-state index >= 15 is 0 Å². The highest BCUT2D eigenvalue weighted by Gasteiger charge is 2.32. The first kappa shape index (κ1) is 15.0. The number of rotatable bonds is 4. The molecule has 0 saturated carbocycles. The van der Waals surface area contributed by atoms with Crippen LogP contribution in [-0.4, -0.2) is 44.4 Å². The molecular formula is C12H18N2O5S. The molecule has 20 heavy (non-hydrogen) atoms. The van der Waals surface area contributed by atoms with E-state index in [1.807, 2.05) is 0 Å². The van der Waals surface area contributed by atoms with E-state index in [-0.39, 0.29) is 30.0 Å². The third kappa shape index (κ3) is 3.02. The summed E-state index contributed by atoms with van der Waals surface area (Å²) in [6.07, 6.45) is 1.52. The number of hydrogen-bond donors (Lipinski definition) is 1. The Hall–Kier alpha value is -1.38. The molecule has 112 valence electrons. The van der Waals surface area contributed by atoms with Crippen molar-refractivity contribution in [3.05, 3.63) is 17.9 Å². The number of carbonyl (C=O) groups excluding carboxylic acids is 1. The molecule has 2 heterocycles. The predicted molar refractivity (Wildman–Crippen MR) is 70.6 cm³/mol. The molecule has 7 nitrogen and oxygen atoms in total. The number of sulfonamides is 1. The maximum atomic E-state index is 12.4. The van der Waals surface area contributed by atoms with Gasteiger partial charge in [0.25, 0.3) is 10.0 Å². The topological polar surface area (TPSA) is 103 Å². The van der Waals surface area contributed by atoms with Gasteiger partial charge in [0.1, 0.15) is 0 Å². The van der Waals surface area contributed by atoms with Crippen LogP contribution in [0, 0.1) is 0 Å². The van der Waals surface area contributed by atoms with Crippen LogP contribution in [0.25, 0.3) is 0 Å². The van der Waals surface area contributed by atoms with Crippen molar-refractivity contribution >= 4 is 16.0 Å². The van der Waals surface area contributed by atoms with E-state index in [0.29, 0.717) is 13.0 Å².